The van der Waals surface area contributed by atoms with Crippen LogP contribution in [0.5, 0.6) is 5.75 Å². The number of anilines is 1. The molecule has 0 radical (unpaired) electrons. The molecule has 1 aromatic heterocycles. The van der Waals surface area contributed by atoms with Gasteiger partial charge in [0.1, 0.15) is 17.9 Å². The van der Waals surface area contributed by atoms with E-state index in [9.17, 15) is 0 Å². The number of rotatable bonds is 3. The molecule has 2 aromatic rings. The molecule has 0 amide bonds. The molecular weight excluding hydrogens is 254 g/mol. The third kappa shape index (κ3) is 2.58. The molecule has 104 valence electrons. The lowest BCUT2D eigenvalue weighted by Gasteiger charge is -2.27. The molecule has 1 aliphatic heterocycles. The molecule has 0 N–H and O–H groups in total. The van der Waals surface area contributed by atoms with Crippen molar-refractivity contribution in [3.8, 4) is 17.0 Å². The lowest BCUT2D eigenvalue weighted by molar-refractivity contribution is 0.122. The van der Waals surface area contributed by atoms with Crippen molar-refractivity contribution in [1.82, 2.24) is 9.97 Å². The van der Waals surface area contributed by atoms with E-state index in [2.05, 4.69) is 14.9 Å². The van der Waals surface area contributed by atoms with Crippen LogP contribution in [-0.2, 0) is 4.74 Å². The smallest absolute Gasteiger partial charge is 0.132 e. The largest absolute Gasteiger partial charge is 0.496 e. The van der Waals surface area contributed by atoms with Gasteiger partial charge in [0.15, 0.2) is 0 Å². The molecule has 0 bridgehead atoms. The zero-order chi connectivity index (χ0) is 13.8. The van der Waals surface area contributed by atoms with Crippen LogP contribution in [0, 0.1) is 0 Å². The highest BCUT2D eigenvalue weighted by Crippen LogP contribution is 2.29. The summed E-state index contributed by atoms with van der Waals surface area (Å²) in [5, 5.41) is 0. The first-order valence-electron chi connectivity index (χ1n) is 6.66. The van der Waals surface area contributed by atoms with E-state index in [0.717, 1.165) is 49.1 Å². The first-order chi connectivity index (χ1) is 9.88. The van der Waals surface area contributed by atoms with Crippen molar-refractivity contribution in [2.24, 2.45) is 0 Å². The van der Waals surface area contributed by atoms with Gasteiger partial charge in [-0.25, -0.2) is 9.97 Å². The van der Waals surface area contributed by atoms with E-state index in [1.165, 1.54) is 0 Å². The second kappa shape index (κ2) is 5.88. The van der Waals surface area contributed by atoms with E-state index in [4.69, 9.17) is 9.47 Å². The summed E-state index contributed by atoms with van der Waals surface area (Å²) in [5.41, 5.74) is 1.85. The van der Waals surface area contributed by atoms with E-state index in [1.807, 2.05) is 30.3 Å². The Morgan fingerprint density at radius 3 is 2.75 bits per heavy atom. The molecule has 1 aliphatic rings. The average molecular weight is 271 g/mol. The van der Waals surface area contributed by atoms with Crippen LogP contribution in [0.15, 0.2) is 36.7 Å². The molecule has 0 atom stereocenters. The lowest BCUT2D eigenvalue weighted by atomic mass is 10.1. The van der Waals surface area contributed by atoms with Gasteiger partial charge in [-0.1, -0.05) is 12.1 Å². The van der Waals surface area contributed by atoms with E-state index in [1.54, 1.807) is 13.4 Å². The fraction of sp³-hybridized carbons (Fsp3) is 0.333. The fourth-order valence-electron chi connectivity index (χ4n) is 2.32. The van der Waals surface area contributed by atoms with Crippen molar-refractivity contribution in [3.63, 3.8) is 0 Å². The minimum atomic E-state index is 0.744. The van der Waals surface area contributed by atoms with Crippen molar-refractivity contribution >= 4 is 5.82 Å². The van der Waals surface area contributed by atoms with E-state index in [-0.39, 0.29) is 0 Å². The van der Waals surface area contributed by atoms with Gasteiger partial charge in [-0.05, 0) is 12.1 Å². The molecular formula is C15H17N3O2. The van der Waals surface area contributed by atoms with Crippen LogP contribution < -0.4 is 9.64 Å². The first kappa shape index (κ1) is 12.9. The maximum atomic E-state index is 5.39. The maximum absolute atomic E-state index is 5.39. The summed E-state index contributed by atoms with van der Waals surface area (Å²) in [4.78, 5) is 10.9. The number of hydrogen-bond donors (Lipinski definition) is 0. The Morgan fingerprint density at radius 1 is 1.15 bits per heavy atom. The number of benzene rings is 1. The highest BCUT2D eigenvalue weighted by Gasteiger charge is 2.14. The number of nitrogens with zero attached hydrogens (tertiary/aromatic N) is 3. The highest BCUT2D eigenvalue weighted by molar-refractivity contribution is 5.69. The minimum absolute atomic E-state index is 0.744. The third-order valence-electron chi connectivity index (χ3n) is 3.37. The van der Waals surface area contributed by atoms with Crippen molar-refractivity contribution in [2.75, 3.05) is 38.3 Å². The number of para-hydroxylation sites is 1. The van der Waals surface area contributed by atoms with Gasteiger partial charge in [0.2, 0.25) is 0 Å². The zero-order valence-corrected chi connectivity index (χ0v) is 11.5. The van der Waals surface area contributed by atoms with Crippen LogP contribution in [-0.4, -0.2) is 43.4 Å². The Bertz CT molecular complexity index is 583. The summed E-state index contributed by atoms with van der Waals surface area (Å²) in [6, 6.07) is 9.88. The summed E-state index contributed by atoms with van der Waals surface area (Å²) < 4.78 is 10.8. The molecule has 20 heavy (non-hydrogen) atoms. The van der Waals surface area contributed by atoms with Gasteiger partial charge in [0.05, 0.1) is 26.0 Å². The fourth-order valence-corrected chi connectivity index (χ4v) is 2.32. The molecule has 5 nitrogen and oxygen atoms in total. The Morgan fingerprint density at radius 2 is 1.95 bits per heavy atom. The monoisotopic (exact) mass is 271 g/mol. The number of morpholine rings is 1. The molecule has 2 heterocycles. The van der Waals surface area contributed by atoms with Crippen LogP contribution in [0.1, 0.15) is 0 Å². The Hall–Kier alpha value is -2.14. The minimum Gasteiger partial charge on any atom is -0.496 e. The van der Waals surface area contributed by atoms with Gasteiger partial charge in [-0.15, -0.1) is 0 Å². The van der Waals surface area contributed by atoms with Crippen molar-refractivity contribution in [2.45, 2.75) is 0 Å². The maximum Gasteiger partial charge on any atom is 0.132 e. The number of hydrogen-bond acceptors (Lipinski definition) is 5. The molecule has 1 saturated heterocycles. The Balaban J connectivity index is 1.94. The molecule has 0 aliphatic carbocycles. The summed E-state index contributed by atoms with van der Waals surface area (Å²) in [5.74, 6) is 1.75. The van der Waals surface area contributed by atoms with E-state index in [0.29, 0.717) is 0 Å². The molecule has 1 aromatic carbocycles. The average Bonchev–Trinajstić information content (AvgIpc) is 2.56. The quantitative estimate of drug-likeness (QED) is 0.854. The standard InChI is InChI=1S/C15H17N3O2/c1-19-14-5-3-2-4-12(14)13-10-15(17-11-16-13)18-6-8-20-9-7-18/h2-5,10-11H,6-9H2,1H3. The summed E-state index contributed by atoms with van der Waals surface area (Å²) in [6.45, 7) is 3.22. The topological polar surface area (TPSA) is 47.5 Å². The molecule has 0 unspecified atom stereocenters. The normalized spacial score (nSPS) is 15.2. The third-order valence-corrected chi connectivity index (χ3v) is 3.37. The molecule has 1 fully saturated rings. The Kier molecular flexibility index (Phi) is 3.78. The summed E-state index contributed by atoms with van der Waals surface area (Å²) in [7, 11) is 1.67. The van der Waals surface area contributed by atoms with Gasteiger partial charge in [0.25, 0.3) is 0 Å². The van der Waals surface area contributed by atoms with Gasteiger partial charge >= 0.3 is 0 Å². The van der Waals surface area contributed by atoms with Gasteiger partial charge in [-0.2, -0.15) is 0 Å². The first-order valence-corrected chi connectivity index (χ1v) is 6.66. The van der Waals surface area contributed by atoms with Gasteiger partial charge in [0, 0.05) is 24.7 Å². The van der Waals surface area contributed by atoms with E-state index >= 15 is 0 Å². The molecule has 0 saturated carbocycles. The lowest BCUT2D eigenvalue weighted by Crippen LogP contribution is -2.36. The van der Waals surface area contributed by atoms with Crippen LogP contribution in [0.2, 0.25) is 0 Å². The van der Waals surface area contributed by atoms with Crippen LogP contribution in [0.3, 0.4) is 0 Å². The van der Waals surface area contributed by atoms with Crippen molar-refractivity contribution < 1.29 is 9.47 Å². The highest BCUT2D eigenvalue weighted by atomic mass is 16.5. The predicted molar refractivity (Wildman–Crippen MR) is 77.1 cm³/mol. The van der Waals surface area contributed by atoms with Crippen molar-refractivity contribution in [3.05, 3.63) is 36.7 Å². The second-order valence-corrected chi connectivity index (χ2v) is 4.56. The van der Waals surface area contributed by atoms with Crippen LogP contribution in [0.4, 0.5) is 5.82 Å². The zero-order valence-electron chi connectivity index (χ0n) is 11.5. The van der Waals surface area contributed by atoms with Crippen LogP contribution in [0.25, 0.3) is 11.3 Å². The summed E-state index contributed by atoms with van der Waals surface area (Å²) >= 11 is 0. The number of ether oxygens (including phenoxy) is 2. The molecule has 3 rings (SSSR count). The Labute approximate surface area is 118 Å². The van der Waals surface area contributed by atoms with Gasteiger partial charge in [-0.3, -0.25) is 0 Å². The van der Waals surface area contributed by atoms with Gasteiger partial charge < -0.3 is 14.4 Å². The second-order valence-electron chi connectivity index (χ2n) is 4.56. The molecule has 0 spiro atoms. The molecule has 5 heteroatoms. The SMILES string of the molecule is COc1ccccc1-c1cc(N2CCOCC2)ncn1. The predicted octanol–water partition coefficient (Wildman–Crippen LogP) is 1.99. The summed E-state index contributed by atoms with van der Waals surface area (Å²) in [6.07, 6.45) is 1.60. The van der Waals surface area contributed by atoms with Crippen LogP contribution >= 0.6 is 0 Å². The van der Waals surface area contributed by atoms with Crippen molar-refractivity contribution in [1.29, 1.82) is 0 Å². The van der Waals surface area contributed by atoms with E-state index < -0.39 is 0 Å². The number of methoxy groups -OCH3 is 1. The number of aromatic nitrogens is 2.